The highest BCUT2D eigenvalue weighted by Crippen LogP contribution is 2.34. The molecule has 0 aliphatic heterocycles. The second kappa shape index (κ2) is 7.35. The fourth-order valence-electron chi connectivity index (χ4n) is 1.64. The number of benzene rings is 1. The molecule has 0 fully saturated rings. The summed E-state index contributed by atoms with van der Waals surface area (Å²) < 4.78 is 15.2. The van der Waals surface area contributed by atoms with Crippen LogP contribution in [0.25, 0.3) is 0 Å². The molecule has 1 amide bonds. The summed E-state index contributed by atoms with van der Waals surface area (Å²) in [6, 6.07) is 3.04. The minimum atomic E-state index is -0.695. The van der Waals surface area contributed by atoms with E-state index in [0.717, 1.165) is 0 Å². The number of carbonyl (C=O) groups excluding carboxylic acids is 2. The molecule has 1 rings (SSSR count). The van der Waals surface area contributed by atoms with E-state index in [0.29, 0.717) is 5.75 Å². The van der Waals surface area contributed by atoms with Crippen molar-refractivity contribution in [2.75, 3.05) is 19.0 Å². The molecule has 0 unspecified atom stereocenters. The number of esters is 1. The largest absolute Gasteiger partial charge is 0.495 e. The van der Waals surface area contributed by atoms with Crippen molar-refractivity contribution in [3.63, 3.8) is 0 Å². The normalized spacial score (nSPS) is 10.8. The molecule has 0 aromatic heterocycles. The van der Waals surface area contributed by atoms with Crippen LogP contribution in [0.5, 0.6) is 5.75 Å². The summed E-state index contributed by atoms with van der Waals surface area (Å²) in [4.78, 5) is 23.9. The highest BCUT2D eigenvalue weighted by Gasteiger charge is 2.23. The van der Waals surface area contributed by atoms with Gasteiger partial charge >= 0.3 is 12.1 Å². The Hall–Kier alpha value is -1.95. The predicted molar refractivity (Wildman–Crippen MR) is 83.8 cm³/mol. The van der Waals surface area contributed by atoms with Crippen molar-refractivity contribution in [2.45, 2.75) is 33.3 Å². The van der Waals surface area contributed by atoms with E-state index in [1.165, 1.54) is 19.2 Å². The molecule has 0 aliphatic rings. The average Bonchev–Trinajstić information content (AvgIpc) is 2.37. The second-order valence-electron chi connectivity index (χ2n) is 5.35. The average molecular weight is 330 g/mol. The Morgan fingerprint density at radius 3 is 2.41 bits per heavy atom. The SMILES string of the molecule is CCOC(=O)c1c(NC(=O)OC(C)(C)C)ccc(OC)c1Cl. The lowest BCUT2D eigenvalue weighted by Gasteiger charge is -2.20. The maximum Gasteiger partial charge on any atom is 0.412 e. The zero-order chi connectivity index (χ0) is 16.9. The van der Waals surface area contributed by atoms with Crippen LogP contribution < -0.4 is 10.1 Å². The van der Waals surface area contributed by atoms with Crippen LogP contribution in [-0.4, -0.2) is 31.4 Å². The van der Waals surface area contributed by atoms with Crippen molar-refractivity contribution < 1.29 is 23.8 Å². The molecule has 0 heterocycles. The zero-order valence-corrected chi connectivity index (χ0v) is 14.0. The second-order valence-corrected chi connectivity index (χ2v) is 5.73. The fraction of sp³-hybridized carbons (Fsp3) is 0.467. The lowest BCUT2D eigenvalue weighted by molar-refractivity contribution is 0.0527. The monoisotopic (exact) mass is 329 g/mol. The molecule has 0 atom stereocenters. The fourth-order valence-corrected chi connectivity index (χ4v) is 1.95. The van der Waals surface area contributed by atoms with Crippen LogP contribution in [0.1, 0.15) is 38.1 Å². The Labute approximate surface area is 134 Å². The Balaban J connectivity index is 3.16. The molecule has 0 saturated carbocycles. The Bertz CT molecular complexity index is 566. The summed E-state index contributed by atoms with van der Waals surface area (Å²) in [5.41, 5.74) is -0.447. The van der Waals surface area contributed by atoms with Crippen molar-refractivity contribution >= 4 is 29.4 Å². The third-order valence-corrected chi connectivity index (χ3v) is 2.82. The van der Waals surface area contributed by atoms with Crippen LogP contribution in [0.3, 0.4) is 0 Å². The number of hydrogen-bond donors (Lipinski definition) is 1. The highest BCUT2D eigenvalue weighted by atomic mass is 35.5. The van der Waals surface area contributed by atoms with E-state index in [9.17, 15) is 9.59 Å². The van der Waals surface area contributed by atoms with Gasteiger partial charge in [-0.15, -0.1) is 0 Å². The molecule has 0 saturated heterocycles. The van der Waals surface area contributed by atoms with Crippen LogP contribution in [0.15, 0.2) is 12.1 Å². The molecule has 0 aliphatic carbocycles. The third-order valence-electron chi connectivity index (χ3n) is 2.44. The van der Waals surface area contributed by atoms with Gasteiger partial charge in [-0.1, -0.05) is 11.6 Å². The van der Waals surface area contributed by atoms with Crippen LogP contribution in [0, 0.1) is 0 Å². The summed E-state index contributed by atoms with van der Waals surface area (Å²) in [7, 11) is 1.43. The van der Waals surface area contributed by atoms with E-state index in [4.69, 9.17) is 25.8 Å². The Morgan fingerprint density at radius 2 is 1.91 bits per heavy atom. The van der Waals surface area contributed by atoms with Crippen molar-refractivity contribution in [2.24, 2.45) is 0 Å². The lowest BCUT2D eigenvalue weighted by Crippen LogP contribution is -2.28. The summed E-state index contributed by atoms with van der Waals surface area (Å²) in [6.45, 7) is 7.06. The Kier molecular flexibility index (Phi) is 6.05. The van der Waals surface area contributed by atoms with E-state index in [1.807, 2.05) is 0 Å². The number of ether oxygens (including phenoxy) is 3. The highest BCUT2D eigenvalue weighted by molar-refractivity contribution is 6.36. The number of methoxy groups -OCH3 is 1. The third kappa shape index (κ3) is 4.80. The van der Waals surface area contributed by atoms with E-state index in [1.54, 1.807) is 27.7 Å². The molecule has 22 heavy (non-hydrogen) atoms. The molecule has 0 bridgehead atoms. The van der Waals surface area contributed by atoms with E-state index in [-0.39, 0.29) is 22.9 Å². The molecule has 1 aromatic rings. The minimum absolute atomic E-state index is 0.0220. The topological polar surface area (TPSA) is 73.9 Å². The lowest BCUT2D eigenvalue weighted by atomic mass is 10.1. The zero-order valence-electron chi connectivity index (χ0n) is 13.3. The smallest absolute Gasteiger partial charge is 0.412 e. The van der Waals surface area contributed by atoms with E-state index >= 15 is 0 Å². The number of halogens is 1. The van der Waals surface area contributed by atoms with Gasteiger partial charge in [0.05, 0.1) is 24.4 Å². The van der Waals surface area contributed by atoms with Gasteiger partial charge in [-0.05, 0) is 39.8 Å². The van der Waals surface area contributed by atoms with Gasteiger partial charge in [-0.2, -0.15) is 0 Å². The molecule has 0 radical (unpaired) electrons. The van der Waals surface area contributed by atoms with Crippen molar-refractivity contribution in [1.29, 1.82) is 0 Å². The number of hydrogen-bond acceptors (Lipinski definition) is 5. The minimum Gasteiger partial charge on any atom is -0.495 e. The first-order chi connectivity index (χ1) is 10.2. The van der Waals surface area contributed by atoms with Gasteiger partial charge in [0.15, 0.2) is 0 Å². The molecule has 7 heteroatoms. The molecule has 6 nitrogen and oxygen atoms in total. The first-order valence-electron chi connectivity index (χ1n) is 6.73. The number of anilines is 1. The summed E-state index contributed by atoms with van der Waals surface area (Å²) in [5.74, 6) is -0.350. The van der Waals surface area contributed by atoms with Crippen LogP contribution in [0.4, 0.5) is 10.5 Å². The quantitative estimate of drug-likeness (QED) is 0.849. The van der Waals surface area contributed by atoms with Crippen LogP contribution in [0.2, 0.25) is 5.02 Å². The number of amides is 1. The van der Waals surface area contributed by atoms with Gasteiger partial charge in [0.1, 0.15) is 16.9 Å². The first-order valence-corrected chi connectivity index (χ1v) is 7.11. The standard InChI is InChI=1S/C15H20ClNO5/c1-6-21-13(18)11-9(7-8-10(20-5)12(11)16)17-14(19)22-15(2,3)4/h7-8H,6H2,1-5H3,(H,17,19). The van der Waals surface area contributed by atoms with Crippen LogP contribution in [-0.2, 0) is 9.47 Å². The van der Waals surface area contributed by atoms with E-state index < -0.39 is 17.7 Å². The van der Waals surface area contributed by atoms with Crippen molar-refractivity contribution in [3.8, 4) is 5.75 Å². The van der Waals surface area contributed by atoms with Gasteiger partial charge in [0.2, 0.25) is 0 Å². The number of rotatable bonds is 4. The molecule has 1 N–H and O–H groups in total. The molecule has 122 valence electrons. The maximum atomic E-state index is 12.1. The van der Waals surface area contributed by atoms with Gasteiger partial charge in [0, 0.05) is 0 Å². The van der Waals surface area contributed by atoms with Crippen LogP contribution >= 0.6 is 11.6 Å². The Morgan fingerprint density at radius 1 is 1.27 bits per heavy atom. The number of carbonyl (C=O) groups is 2. The van der Waals surface area contributed by atoms with Gasteiger partial charge < -0.3 is 14.2 Å². The van der Waals surface area contributed by atoms with Crippen molar-refractivity contribution in [1.82, 2.24) is 0 Å². The molecular weight excluding hydrogens is 310 g/mol. The van der Waals surface area contributed by atoms with Gasteiger partial charge in [-0.25, -0.2) is 9.59 Å². The number of nitrogens with one attached hydrogen (secondary N) is 1. The van der Waals surface area contributed by atoms with Gasteiger partial charge in [-0.3, -0.25) is 5.32 Å². The van der Waals surface area contributed by atoms with Gasteiger partial charge in [0.25, 0.3) is 0 Å². The molecule has 0 spiro atoms. The van der Waals surface area contributed by atoms with E-state index in [2.05, 4.69) is 5.32 Å². The maximum absolute atomic E-state index is 12.1. The first kappa shape index (κ1) is 18.1. The summed E-state index contributed by atoms with van der Waals surface area (Å²) in [6.07, 6.45) is -0.695. The van der Waals surface area contributed by atoms with Crippen molar-refractivity contribution in [3.05, 3.63) is 22.7 Å². The summed E-state index contributed by atoms with van der Waals surface area (Å²) >= 11 is 6.14. The molecular formula is C15H20ClNO5. The summed E-state index contributed by atoms with van der Waals surface area (Å²) in [5, 5.41) is 2.56. The molecule has 1 aromatic carbocycles. The predicted octanol–water partition coefficient (Wildman–Crippen LogP) is 3.87.